The molecule has 0 radical (unpaired) electrons. The van der Waals surface area contributed by atoms with Gasteiger partial charge in [-0.25, -0.2) is 0 Å². The summed E-state index contributed by atoms with van der Waals surface area (Å²) < 4.78 is 7.16. The predicted molar refractivity (Wildman–Crippen MR) is 105 cm³/mol. The SMILES string of the molecule is OCCN(CCOCCc1ccc2sccc2c1)Cc1ccccc1. The van der Waals surface area contributed by atoms with Gasteiger partial charge in [0.2, 0.25) is 0 Å². The molecule has 3 nitrogen and oxygen atoms in total. The Kier molecular flexibility index (Phi) is 7.00. The maximum absolute atomic E-state index is 9.25. The quantitative estimate of drug-likeness (QED) is 0.559. The summed E-state index contributed by atoms with van der Waals surface area (Å²) in [7, 11) is 0. The van der Waals surface area contributed by atoms with Crippen molar-refractivity contribution < 1.29 is 9.84 Å². The van der Waals surface area contributed by atoms with Gasteiger partial charge in [0, 0.05) is 24.3 Å². The summed E-state index contributed by atoms with van der Waals surface area (Å²) in [5.74, 6) is 0. The van der Waals surface area contributed by atoms with Crippen LogP contribution in [0.5, 0.6) is 0 Å². The molecule has 1 aromatic heterocycles. The molecule has 0 aliphatic rings. The van der Waals surface area contributed by atoms with Gasteiger partial charge in [0.25, 0.3) is 0 Å². The zero-order valence-corrected chi connectivity index (χ0v) is 15.3. The van der Waals surface area contributed by atoms with Crippen LogP contribution in [-0.2, 0) is 17.7 Å². The largest absolute Gasteiger partial charge is 0.395 e. The molecule has 3 rings (SSSR count). The third-order valence-electron chi connectivity index (χ3n) is 4.27. The Morgan fingerprint density at radius 2 is 1.80 bits per heavy atom. The molecule has 0 spiro atoms. The Bertz CT molecular complexity index is 757. The van der Waals surface area contributed by atoms with Crippen molar-refractivity contribution in [2.45, 2.75) is 13.0 Å². The molecule has 0 atom stereocenters. The van der Waals surface area contributed by atoms with Crippen LogP contribution in [-0.4, -0.2) is 42.9 Å². The number of nitrogens with zero attached hydrogens (tertiary/aromatic N) is 1. The van der Waals surface area contributed by atoms with Gasteiger partial charge in [-0.3, -0.25) is 4.90 Å². The van der Waals surface area contributed by atoms with Crippen molar-refractivity contribution in [1.29, 1.82) is 0 Å². The van der Waals surface area contributed by atoms with E-state index >= 15 is 0 Å². The highest BCUT2D eigenvalue weighted by Gasteiger charge is 2.05. The summed E-state index contributed by atoms with van der Waals surface area (Å²) in [6, 6.07) is 19.2. The van der Waals surface area contributed by atoms with E-state index in [0.29, 0.717) is 13.2 Å². The first-order chi connectivity index (χ1) is 12.3. The standard InChI is InChI=1S/C21H25NO2S/c23-12-10-22(17-19-4-2-1-3-5-19)11-14-24-13-8-18-6-7-21-20(16-18)9-15-25-21/h1-7,9,15-16,23H,8,10-14,17H2. The second-order valence-corrected chi connectivity index (χ2v) is 7.09. The lowest BCUT2D eigenvalue weighted by Gasteiger charge is -2.21. The lowest BCUT2D eigenvalue weighted by Crippen LogP contribution is -2.30. The summed E-state index contributed by atoms with van der Waals surface area (Å²) >= 11 is 1.78. The Balaban J connectivity index is 1.39. The monoisotopic (exact) mass is 355 g/mol. The van der Waals surface area contributed by atoms with Crippen LogP contribution in [0.15, 0.2) is 60.0 Å². The summed E-state index contributed by atoms with van der Waals surface area (Å²) in [5.41, 5.74) is 2.59. The molecule has 0 saturated carbocycles. The van der Waals surface area contributed by atoms with Crippen LogP contribution in [0.25, 0.3) is 10.1 Å². The second kappa shape index (κ2) is 9.68. The number of aliphatic hydroxyl groups excluding tert-OH is 1. The van der Waals surface area contributed by atoms with E-state index in [-0.39, 0.29) is 6.61 Å². The van der Waals surface area contributed by atoms with E-state index in [0.717, 1.165) is 26.1 Å². The van der Waals surface area contributed by atoms with E-state index in [1.807, 2.05) is 18.2 Å². The van der Waals surface area contributed by atoms with Crippen LogP contribution < -0.4 is 0 Å². The number of aliphatic hydroxyl groups is 1. The molecule has 1 N–H and O–H groups in total. The minimum absolute atomic E-state index is 0.174. The Morgan fingerprint density at radius 3 is 2.64 bits per heavy atom. The predicted octanol–water partition coefficient (Wildman–Crippen LogP) is 3.95. The van der Waals surface area contributed by atoms with E-state index < -0.39 is 0 Å². The average molecular weight is 356 g/mol. The van der Waals surface area contributed by atoms with Crippen molar-refractivity contribution in [1.82, 2.24) is 4.90 Å². The van der Waals surface area contributed by atoms with Crippen molar-refractivity contribution in [2.75, 3.05) is 32.9 Å². The summed E-state index contributed by atoms with van der Waals surface area (Å²) in [4.78, 5) is 2.23. The third kappa shape index (κ3) is 5.65. The molecule has 4 heteroatoms. The van der Waals surface area contributed by atoms with Gasteiger partial charge in [0.05, 0.1) is 19.8 Å². The zero-order valence-electron chi connectivity index (χ0n) is 14.4. The molecule has 0 amide bonds. The lowest BCUT2D eigenvalue weighted by atomic mass is 10.1. The maximum atomic E-state index is 9.25. The fourth-order valence-corrected chi connectivity index (χ4v) is 3.68. The zero-order chi connectivity index (χ0) is 17.3. The highest BCUT2D eigenvalue weighted by molar-refractivity contribution is 7.17. The molecule has 2 aromatic carbocycles. The minimum Gasteiger partial charge on any atom is -0.395 e. The fraction of sp³-hybridized carbons (Fsp3) is 0.333. The van der Waals surface area contributed by atoms with Gasteiger partial charge in [0.15, 0.2) is 0 Å². The first-order valence-electron chi connectivity index (χ1n) is 8.76. The van der Waals surface area contributed by atoms with Crippen LogP contribution in [0.3, 0.4) is 0 Å². The first kappa shape index (κ1) is 18.1. The summed E-state index contributed by atoms with van der Waals surface area (Å²) in [6.07, 6.45) is 0.935. The summed E-state index contributed by atoms with van der Waals surface area (Å²) in [6.45, 7) is 3.95. The molecule has 0 unspecified atom stereocenters. The van der Waals surface area contributed by atoms with Gasteiger partial charge in [-0.2, -0.15) is 0 Å². The third-order valence-corrected chi connectivity index (χ3v) is 5.17. The van der Waals surface area contributed by atoms with E-state index in [9.17, 15) is 5.11 Å². The summed E-state index contributed by atoms with van der Waals surface area (Å²) in [5, 5.41) is 12.7. The highest BCUT2D eigenvalue weighted by atomic mass is 32.1. The van der Waals surface area contributed by atoms with E-state index in [1.165, 1.54) is 21.2 Å². The number of benzene rings is 2. The molecule has 0 aliphatic heterocycles. The van der Waals surface area contributed by atoms with Crippen molar-refractivity contribution in [3.8, 4) is 0 Å². The van der Waals surface area contributed by atoms with Gasteiger partial charge >= 0.3 is 0 Å². The maximum Gasteiger partial charge on any atom is 0.0593 e. The van der Waals surface area contributed by atoms with Gasteiger partial charge in [-0.05, 0) is 40.4 Å². The number of hydrogen-bond acceptors (Lipinski definition) is 4. The van der Waals surface area contributed by atoms with Gasteiger partial charge < -0.3 is 9.84 Å². The fourth-order valence-electron chi connectivity index (χ4n) is 2.91. The number of rotatable bonds is 10. The topological polar surface area (TPSA) is 32.7 Å². The Morgan fingerprint density at radius 1 is 0.920 bits per heavy atom. The minimum atomic E-state index is 0.174. The van der Waals surface area contributed by atoms with E-state index in [2.05, 4.69) is 46.7 Å². The molecule has 3 aromatic rings. The first-order valence-corrected chi connectivity index (χ1v) is 9.64. The normalized spacial score (nSPS) is 11.4. The van der Waals surface area contributed by atoms with Gasteiger partial charge in [-0.15, -0.1) is 11.3 Å². The number of ether oxygens (including phenoxy) is 1. The van der Waals surface area contributed by atoms with Crippen LogP contribution in [0, 0.1) is 0 Å². The Hall–Kier alpha value is -1.72. The molecule has 0 saturated heterocycles. The highest BCUT2D eigenvalue weighted by Crippen LogP contribution is 2.21. The number of hydrogen-bond donors (Lipinski definition) is 1. The van der Waals surface area contributed by atoms with E-state index in [4.69, 9.17) is 4.74 Å². The van der Waals surface area contributed by atoms with Crippen molar-refractivity contribution in [3.63, 3.8) is 0 Å². The number of thiophene rings is 1. The van der Waals surface area contributed by atoms with Crippen LogP contribution in [0.2, 0.25) is 0 Å². The van der Waals surface area contributed by atoms with Crippen LogP contribution in [0.4, 0.5) is 0 Å². The molecular weight excluding hydrogens is 330 g/mol. The van der Waals surface area contributed by atoms with Crippen LogP contribution in [0.1, 0.15) is 11.1 Å². The van der Waals surface area contributed by atoms with E-state index in [1.54, 1.807) is 11.3 Å². The molecule has 25 heavy (non-hydrogen) atoms. The molecule has 132 valence electrons. The lowest BCUT2D eigenvalue weighted by molar-refractivity contribution is 0.0946. The van der Waals surface area contributed by atoms with Crippen molar-refractivity contribution in [2.24, 2.45) is 0 Å². The Labute approximate surface area is 153 Å². The van der Waals surface area contributed by atoms with Crippen molar-refractivity contribution >= 4 is 21.4 Å². The second-order valence-electron chi connectivity index (χ2n) is 6.14. The average Bonchev–Trinajstić information content (AvgIpc) is 3.10. The van der Waals surface area contributed by atoms with Crippen molar-refractivity contribution in [3.05, 3.63) is 71.1 Å². The van der Waals surface area contributed by atoms with Gasteiger partial charge in [-0.1, -0.05) is 42.5 Å². The van der Waals surface area contributed by atoms with Crippen LogP contribution >= 0.6 is 11.3 Å². The van der Waals surface area contributed by atoms with Gasteiger partial charge in [0.1, 0.15) is 0 Å². The number of fused-ring (bicyclic) bond motifs is 1. The molecule has 0 aliphatic carbocycles. The molecule has 1 heterocycles. The molecule has 0 fully saturated rings. The molecule has 0 bridgehead atoms. The smallest absolute Gasteiger partial charge is 0.0593 e. The molecular formula is C21H25NO2S.